The van der Waals surface area contributed by atoms with Crippen molar-refractivity contribution in [1.29, 1.82) is 0 Å². The molecule has 1 unspecified atom stereocenters. The van der Waals surface area contributed by atoms with E-state index in [0.29, 0.717) is 32.2 Å². The van der Waals surface area contributed by atoms with Crippen molar-refractivity contribution < 1.29 is 13.2 Å². The van der Waals surface area contributed by atoms with Gasteiger partial charge in [0, 0.05) is 38.8 Å². The number of ether oxygens (including phenoxy) is 1. The van der Waals surface area contributed by atoms with Crippen molar-refractivity contribution in [2.45, 2.75) is 57.2 Å². The molecule has 140 valence electrons. The molecule has 1 saturated carbocycles. The quantitative estimate of drug-likeness (QED) is 0.789. The minimum Gasteiger partial charge on any atom is -0.381 e. The van der Waals surface area contributed by atoms with Crippen LogP contribution < -0.4 is 0 Å². The van der Waals surface area contributed by atoms with Gasteiger partial charge in [0.2, 0.25) is 10.0 Å². The van der Waals surface area contributed by atoms with Crippen LogP contribution in [-0.4, -0.2) is 59.0 Å². The molecule has 2 saturated heterocycles. The number of hydrogen-bond donors (Lipinski definition) is 0. The summed E-state index contributed by atoms with van der Waals surface area (Å²) in [5, 5.41) is 8.42. The van der Waals surface area contributed by atoms with Crippen LogP contribution in [0.15, 0.2) is 6.33 Å². The normalized spacial score (nSPS) is 27.4. The molecular formula is C17H28N4O3S. The first-order chi connectivity index (χ1) is 11.9. The summed E-state index contributed by atoms with van der Waals surface area (Å²) >= 11 is 0. The van der Waals surface area contributed by atoms with Gasteiger partial charge in [0.05, 0.1) is 5.25 Å². The Morgan fingerprint density at radius 3 is 2.68 bits per heavy atom. The second-order valence-electron chi connectivity index (χ2n) is 8.30. The second kappa shape index (κ2) is 6.32. The maximum atomic E-state index is 12.9. The molecule has 3 heterocycles. The van der Waals surface area contributed by atoms with E-state index in [9.17, 15) is 8.42 Å². The van der Waals surface area contributed by atoms with Crippen molar-refractivity contribution in [3.8, 4) is 0 Å². The molecule has 0 bridgehead atoms. The molecule has 0 N–H and O–H groups in total. The maximum absolute atomic E-state index is 12.9. The molecule has 0 aromatic carbocycles. The molecule has 1 aliphatic carbocycles. The number of nitrogens with zero attached hydrogens (tertiary/aromatic N) is 4. The summed E-state index contributed by atoms with van der Waals surface area (Å²) in [6.45, 7) is 7.75. The zero-order valence-corrected chi connectivity index (χ0v) is 15.9. The van der Waals surface area contributed by atoms with Gasteiger partial charge in [-0.15, -0.1) is 10.2 Å². The summed E-state index contributed by atoms with van der Waals surface area (Å²) in [6.07, 6.45) is 5.19. The minimum atomic E-state index is -3.17. The van der Waals surface area contributed by atoms with Gasteiger partial charge in [-0.3, -0.25) is 0 Å². The smallest absolute Gasteiger partial charge is 0.217 e. The van der Waals surface area contributed by atoms with Crippen LogP contribution in [0.1, 0.15) is 51.3 Å². The first-order valence-electron chi connectivity index (χ1n) is 9.37. The van der Waals surface area contributed by atoms with Gasteiger partial charge in [-0.05, 0) is 37.0 Å². The van der Waals surface area contributed by atoms with E-state index in [4.69, 9.17) is 4.74 Å². The fourth-order valence-corrected chi connectivity index (χ4v) is 6.35. The van der Waals surface area contributed by atoms with Crippen LogP contribution in [0.25, 0.3) is 0 Å². The molecule has 0 amide bonds. The maximum Gasteiger partial charge on any atom is 0.217 e. The number of aromatic nitrogens is 3. The van der Waals surface area contributed by atoms with Crippen LogP contribution in [0.3, 0.4) is 0 Å². The third-order valence-corrected chi connectivity index (χ3v) is 8.24. The Bertz CT molecular complexity index is 720. The molecule has 1 aromatic rings. The van der Waals surface area contributed by atoms with E-state index in [1.54, 1.807) is 10.6 Å². The van der Waals surface area contributed by atoms with Crippen LogP contribution in [0.5, 0.6) is 0 Å². The highest BCUT2D eigenvalue weighted by molar-refractivity contribution is 7.90. The van der Waals surface area contributed by atoms with Crippen molar-refractivity contribution in [2.75, 3.05) is 26.3 Å². The highest BCUT2D eigenvalue weighted by Crippen LogP contribution is 2.51. The average Bonchev–Trinajstić information content (AvgIpc) is 3.25. The molecule has 1 aromatic heterocycles. The largest absolute Gasteiger partial charge is 0.381 e. The van der Waals surface area contributed by atoms with E-state index in [0.717, 1.165) is 38.1 Å². The Hall–Kier alpha value is -0.990. The van der Waals surface area contributed by atoms with E-state index in [1.807, 2.05) is 0 Å². The highest BCUT2D eigenvalue weighted by atomic mass is 32.2. The Kier molecular flexibility index (Phi) is 4.40. The van der Waals surface area contributed by atoms with Crippen molar-refractivity contribution >= 4 is 10.0 Å². The summed E-state index contributed by atoms with van der Waals surface area (Å²) in [5.41, 5.74) is -0.0675. The molecule has 4 rings (SSSR count). The molecule has 7 nitrogen and oxygen atoms in total. The lowest BCUT2D eigenvalue weighted by molar-refractivity contribution is 0.0129. The van der Waals surface area contributed by atoms with Crippen LogP contribution in [-0.2, 0) is 21.3 Å². The van der Waals surface area contributed by atoms with Gasteiger partial charge in [0.1, 0.15) is 12.2 Å². The summed E-state index contributed by atoms with van der Waals surface area (Å²) in [5.74, 6) is 1.54. The Labute approximate surface area is 149 Å². The first-order valence-corrected chi connectivity index (χ1v) is 10.9. The van der Waals surface area contributed by atoms with Gasteiger partial charge < -0.3 is 9.30 Å². The van der Waals surface area contributed by atoms with Crippen molar-refractivity contribution in [3.05, 3.63) is 12.2 Å². The summed E-state index contributed by atoms with van der Waals surface area (Å²) < 4.78 is 35.2. The standard InChI is InChI=1S/C17H28N4O3S/c1-13(2)9-20-12-18-19-16(20)15-10-21(25(22,23)14-3-4-14)11-17(15)5-7-24-8-6-17/h12-15H,3-11H2,1-2H3. The molecule has 1 atom stereocenters. The fourth-order valence-electron chi connectivity index (χ4n) is 4.40. The van der Waals surface area contributed by atoms with Crippen molar-refractivity contribution in [2.24, 2.45) is 11.3 Å². The minimum absolute atomic E-state index is 0.0675. The van der Waals surface area contributed by atoms with Crippen molar-refractivity contribution in [3.63, 3.8) is 0 Å². The SMILES string of the molecule is CC(C)Cn1cnnc1C1CN(S(=O)(=O)C2CC2)CC12CCOCC2. The summed E-state index contributed by atoms with van der Waals surface area (Å²) in [7, 11) is -3.17. The lowest BCUT2D eigenvalue weighted by Crippen LogP contribution is -2.38. The first kappa shape index (κ1) is 17.4. The lowest BCUT2D eigenvalue weighted by Gasteiger charge is -2.37. The van der Waals surface area contributed by atoms with Gasteiger partial charge in [-0.25, -0.2) is 12.7 Å². The highest BCUT2D eigenvalue weighted by Gasteiger charge is 2.54. The van der Waals surface area contributed by atoms with E-state index in [-0.39, 0.29) is 16.6 Å². The second-order valence-corrected chi connectivity index (χ2v) is 10.5. The molecule has 1 spiro atoms. The van der Waals surface area contributed by atoms with Gasteiger partial charge in [0.15, 0.2) is 0 Å². The van der Waals surface area contributed by atoms with Crippen LogP contribution in [0, 0.1) is 11.3 Å². The number of hydrogen-bond acceptors (Lipinski definition) is 5. The number of sulfonamides is 1. The fraction of sp³-hybridized carbons (Fsp3) is 0.882. The van der Waals surface area contributed by atoms with Gasteiger partial charge >= 0.3 is 0 Å². The van der Waals surface area contributed by atoms with E-state index in [2.05, 4.69) is 28.6 Å². The molecule has 3 aliphatic rings. The van der Waals surface area contributed by atoms with Crippen LogP contribution >= 0.6 is 0 Å². The van der Waals surface area contributed by atoms with Crippen LogP contribution in [0.2, 0.25) is 0 Å². The molecule has 2 aliphatic heterocycles. The Morgan fingerprint density at radius 1 is 1.32 bits per heavy atom. The molecular weight excluding hydrogens is 340 g/mol. The molecule has 3 fully saturated rings. The van der Waals surface area contributed by atoms with Crippen LogP contribution in [0.4, 0.5) is 0 Å². The zero-order valence-electron chi connectivity index (χ0n) is 15.1. The van der Waals surface area contributed by atoms with Crippen molar-refractivity contribution in [1.82, 2.24) is 19.1 Å². The molecule has 25 heavy (non-hydrogen) atoms. The van der Waals surface area contributed by atoms with Gasteiger partial charge in [-0.2, -0.15) is 0 Å². The lowest BCUT2D eigenvalue weighted by atomic mass is 9.71. The predicted octanol–water partition coefficient (Wildman–Crippen LogP) is 1.62. The summed E-state index contributed by atoms with van der Waals surface area (Å²) in [6, 6.07) is 0. The monoisotopic (exact) mass is 368 g/mol. The van der Waals surface area contributed by atoms with Gasteiger partial charge in [-0.1, -0.05) is 13.8 Å². The molecule has 8 heteroatoms. The Morgan fingerprint density at radius 2 is 2.04 bits per heavy atom. The topological polar surface area (TPSA) is 77.3 Å². The van der Waals surface area contributed by atoms with E-state index >= 15 is 0 Å². The van der Waals surface area contributed by atoms with E-state index in [1.165, 1.54) is 0 Å². The molecule has 0 radical (unpaired) electrons. The average molecular weight is 369 g/mol. The predicted molar refractivity (Wildman–Crippen MR) is 93.6 cm³/mol. The Balaban J connectivity index is 1.67. The third-order valence-electron chi connectivity index (χ3n) is 5.93. The third kappa shape index (κ3) is 3.13. The zero-order chi connectivity index (χ0) is 17.7. The number of rotatable bonds is 5. The summed E-state index contributed by atoms with van der Waals surface area (Å²) in [4.78, 5) is 0. The van der Waals surface area contributed by atoms with Gasteiger partial charge in [0.25, 0.3) is 0 Å². The van der Waals surface area contributed by atoms with E-state index < -0.39 is 10.0 Å².